The number of hydrogen-bond donors (Lipinski definition) is 1. The number of hydrogen-bond acceptors (Lipinski definition) is 3. The molecule has 0 unspecified atom stereocenters. The van der Waals surface area contributed by atoms with E-state index in [1.807, 2.05) is 38.1 Å². The van der Waals surface area contributed by atoms with Crippen molar-refractivity contribution in [1.82, 2.24) is 10.2 Å². The minimum absolute atomic E-state index is 0.0507. The van der Waals surface area contributed by atoms with Crippen LogP contribution in [0.25, 0.3) is 0 Å². The molecule has 1 aromatic rings. The predicted molar refractivity (Wildman–Crippen MR) is 97.1 cm³/mol. The van der Waals surface area contributed by atoms with Gasteiger partial charge in [0, 0.05) is 24.0 Å². The van der Waals surface area contributed by atoms with Crippen molar-refractivity contribution >= 4 is 17.4 Å². The van der Waals surface area contributed by atoms with Gasteiger partial charge in [0.2, 0.25) is 0 Å². The van der Waals surface area contributed by atoms with E-state index in [-0.39, 0.29) is 12.0 Å². The molecule has 0 spiro atoms. The van der Waals surface area contributed by atoms with Crippen molar-refractivity contribution < 1.29 is 4.79 Å². The van der Waals surface area contributed by atoms with Gasteiger partial charge in [-0.3, -0.25) is 4.79 Å². The summed E-state index contributed by atoms with van der Waals surface area (Å²) in [6, 6.07) is 7.69. The lowest BCUT2D eigenvalue weighted by atomic mass is 9.95. The minimum Gasteiger partial charge on any atom is -0.306 e. The molecule has 1 aliphatic heterocycles. The molecule has 1 aliphatic rings. The topological polar surface area (TPSA) is 32.3 Å². The summed E-state index contributed by atoms with van der Waals surface area (Å²) in [5, 5.41) is 4.22. The lowest BCUT2D eigenvalue weighted by Crippen LogP contribution is -2.45. The Morgan fingerprint density at radius 2 is 1.83 bits per heavy atom. The quantitative estimate of drug-likeness (QED) is 0.788. The number of likely N-dealkylation sites (tertiary alicyclic amines) is 1. The highest BCUT2D eigenvalue weighted by Crippen LogP contribution is 2.13. The van der Waals surface area contributed by atoms with E-state index >= 15 is 0 Å². The number of carbonyl (C=O) groups excluding carboxylic acids is 1. The van der Waals surface area contributed by atoms with Crippen LogP contribution in [0.5, 0.6) is 0 Å². The summed E-state index contributed by atoms with van der Waals surface area (Å²) in [6.45, 7) is 8.25. The molecular weight excluding hydrogens is 308 g/mol. The van der Waals surface area contributed by atoms with Crippen molar-refractivity contribution in [3.05, 3.63) is 34.9 Å². The van der Waals surface area contributed by atoms with Gasteiger partial charge in [0.1, 0.15) is 0 Å². The van der Waals surface area contributed by atoms with Crippen LogP contribution in [-0.4, -0.2) is 42.9 Å². The summed E-state index contributed by atoms with van der Waals surface area (Å²) in [5.41, 5.74) is 1.15. The monoisotopic (exact) mass is 336 g/mol. The number of benzene rings is 1. The lowest BCUT2D eigenvalue weighted by Gasteiger charge is -2.27. The van der Waals surface area contributed by atoms with Crippen molar-refractivity contribution in [2.75, 3.05) is 26.2 Å². The zero-order valence-corrected chi connectivity index (χ0v) is 15.1. The van der Waals surface area contributed by atoms with E-state index in [9.17, 15) is 4.79 Å². The second-order valence-corrected chi connectivity index (χ2v) is 7.23. The fraction of sp³-hybridized carbons (Fsp3) is 0.632. The van der Waals surface area contributed by atoms with Crippen molar-refractivity contribution in [2.24, 2.45) is 5.92 Å². The lowest BCUT2D eigenvalue weighted by molar-refractivity contribution is -0.124. The molecule has 1 atom stereocenters. The maximum absolute atomic E-state index is 12.5. The molecule has 1 N–H and O–H groups in total. The molecule has 1 fully saturated rings. The largest absolute Gasteiger partial charge is 0.306 e. The average Bonchev–Trinajstić information content (AvgIpc) is 2.56. The zero-order valence-electron chi connectivity index (χ0n) is 14.4. The molecule has 0 aliphatic carbocycles. The molecule has 4 heteroatoms. The third kappa shape index (κ3) is 6.25. The number of nitrogens with zero attached hydrogens (tertiary/aromatic N) is 1. The molecule has 0 aromatic heterocycles. The zero-order chi connectivity index (χ0) is 16.7. The molecule has 1 heterocycles. The van der Waals surface area contributed by atoms with Crippen LogP contribution in [0.2, 0.25) is 5.02 Å². The van der Waals surface area contributed by atoms with Crippen LogP contribution in [0.3, 0.4) is 0 Å². The van der Waals surface area contributed by atoms with Crippen LogP contribution in [0, 0.1) is 5.92 Å². The van der Waals surface area contributed by atoms with Crippen LogP contribution in [-0.2, 0) is 11.2 Å². The Kier molecular flexibility index (Phi) is 7.54. The number of Topliss-reactive ketones (excluding diaryl/α,β-unsaturated/α-hetero) is 1. The molecule has 0 amide bonds. The van der Waals surface area contributed by atoms with Crippen molar-refractivity contribution in [1.29, 1.82) is 0 Å². The van der Waals surface area contributed by atoms with Gasteiger partial charge in [0.05, 0.1) is 6.04 Å². The first-order valence-corrected chi connectivity index (χ1v) is 9.18. The number of rotatable bonds is 8. The van der Waals surface area contributed by atoms with E-state index in [1.165, 1.54) is 32.4 Å². The Labute approximate surface area is 145 Å². The van der Waals surface area contributed by atoms with E-state index in [0.29, 0.717) is 5.78 Å². The molecule has 128 valence electrons. The number of carbonyl (C=O) groups is 1. The summed E-state index contributed by atoms with van der Waals surface area (Å²) in [7, 11) is 0. The highest BCUT2D eigenvalue weighted by molar-refractivity contribution is 6.30. The van der Waals surface area contributed by atoms with Gasteiger partial charge in [-0.1, -0.05) is 44.0 Å². The Hall–Kier alpha value is -0.900. The Bertz CT molecular complexity index is 481. The van der Waals surface area contributed by atoms with Gasteiger partial charge in [0.15, 0.2) is 5.78 Å². The van der Waals surface area contributed by atoms with Crippen LogP contribution in [0.1, 0.15) is 38.7 Å². The number of ketones is 1. The van der Waals surface area contributed by atoms with E-state index < -0.39 is 0 Å². The molecule has 3 nitrogen and oxygen atoms in total. The Morgan fingerprint density at radius 3 is 2.43 bits per heavy atom. The second kappa shape index (κ2) is 9.41. The average molecular weight is 337 g/mol. The van der Waals surface area contributed by atoms with Gasteiger partial charge in [-0.15, -0.1) is 0 Å². The van der Waals surface area contributed by atoms with Crippen LogP contribution in [0.15, 0.2) is 24.3 Å². The molecule has 2 rings (SSSR count). The first-order chi connectivity index (χ1) is 11.1. The summed E-state index contributed by atoms with van der Waals surface area (Å²) in [5.74, 6) is 0.341. The van der Waals surface area contributed by atoms with Gasteiger partial charge in [0.25, 0.3) is 0 Å². The van der Waals surface area contributed by atoms with Crippen LogP contribution in [0.4, 0.5) is 0 Å². The van der Waals surface area contributed by atoms with Gasteiger partial charge >= 0.3 is 0 Å². The van der Waals surface area contributed by atoms with Crippen molar-refractivity contribution in [3.8, 4) is 0 Å². The van der Waals surface area contributed by atoms with Crippen LogP contribution >= 0.6 is 11.6 Å². The summed E-state index contributed by atoms with van der Waals surface area (Å²) >= 11 is 5.94. The second-order valence-electron chi connectivity index (χ2n) is 6.80. The van der Waals surface area contributed by atoms with Gasteiger partial charge < -0.3 is 10.2 Å². The highest BCUT2D eigenvalue weighted by Gasteiger charge is 2.21. The minimum atomic E-state index is -0.110. The number of halogens is 1. The van der Waals surface area contributed by atoms with Crippen LogP contribution < -0.4 is 5.32 Å². The molecule has 1 saturated heterocycles. The normalized spacial score (nSPS) is 17.4. The number of piperidine rings is 1. The molecule has 1 aromatic carbocycles. The van der Waals surface area contributed by atoms with E-state index in [1.54, 1.807) is 0 Å². The summed E-state index contributed by atoms with van der Waals surface area (Å²) < 4.78 is 0. The summed E-state index contributed by atoms with van der Waals surface area (Å²) in [4.78, 5) is 15.0. The SMILES string of the molecule is CC(C)C(=O)[C@@H](Cc1ccc(Cl)cc1)NCCN1CCCCC1. The van der Waals surface area contributed by atoms with Crippen molar-refractivity contribution in [3.63, 3.8) is 0 Å². The summed E-state index contributed by atoms with van der Waals surface area (Å²) in [6.07, 6.45) is 4.70. The van der Waals surface area contributed by atoms with E-state index in [4.69, 9.17) is 11.6 Å². The van der Waals surface area contributed by atoms with E-state index in [2.05, 4.69) is 10.2 Å². The first-order valence-electron chi connectivity index (χ1n) is 8.80. The fourth-order valence-corrected chi connectivity index (χ4v) is 3.24. The van der Waals surface area contributed by atoms with E-state index in [0.717, 1.165) is 30.1 Å². The third-order valence-corrected chi connectivity index (χ3v) is 4.78. The maximum Gasteiger partial charge on any atom is 0.152 e. The molecule has 0 saturated carbocycles. The van der Waals surface area contributed by atoms with Gasteiger partial charge in [-0.25, -0.2) is 0 Å². The highest BCUT2D eigenvalue weighted by atomic mass is 35.5. The molecule has 23 heavy (non-hydrogen) atoms. The number of nitrogens with one attached hydrogen (secondary N) is 1. The molecule has 0 radical (unpaired) electrons. The predicted octanol–water partition coefficient (Wildman–Crippen LogP) is 3.55. The fourth-order valence-electron chi connectivity index (χ4n) is 3.11. The smallest absolute Gasteiger partial charge is 0.152 e. The van der Waals surface area contributed by atoms with Crippen molar-refractivity contribution in [2.45, 2.75) is 45.6 Å². The van der Waals surface area contributed by atoms with Gasteiger partial charge in [-0.2, -0.15) is 0 Å². The molecule has 0 bridgehead atoms. The Balaban J connectivity index is 1.88. The van der Waals surface area contributed by atoms with Gasteiger partial charge in [-0.05, 0) is 50.0 Å². The third-order valence-electron chi connectivity index (χ3n) is 4.53. The Morgan fingerprint density at radius 1 is 1.17 bits per heavy atom. The first kappa shape index (κ1) is 18.4. The standard InChI is InChI=1S/C19H29ClN2O/c1-15(2)19(23)18(14-16-6-8-17(20)9-7-16)21-10-13-22-11-4-3-5-12-22/h6-9,15,18,21H,3-5,10-14H2,1-2H3/t18-/m1/s1. The molecular formula is C19H29ClN2O. The maximum atomic E-state index is 12.5.